The Morgan fingerprint density at radius 3 is 2.50 bits per heavy atom. The highest BCUT2D eigenvalue weighted by molar-refractivity contribution is 5.82. The van der Waals surface area contributed by atoms with E-state index in [9.17, 15) is 9.59 Å². The summed E-state index contributed by atoms with van der Waals surface area (Å²) in [5.74, 6) is 1.17. The van der Waals surface area contributed by atoms with Crippen LogP contribution in [0, 0.1) is 12.8 Å². The van der Waals surface area contributed by atoms with Crippen molar-refractivity contribution in [2.75, 3.05) is 26.2 Å². The normalized spacial score (nSPS) is 15.3. The Balaban J connectivity index is 1.60. The van der Waals surface area contributed by atoms with Crippen LogP contribution < -0.4 is 0 Å². The maximum atomic E-state index is 12.5. The fourth-order valence-corrected chi connectivity index (χ4v) is 3.12. The topological polar surface area (TPSA) is 69.3 Å². The summed E-state index contributed by atoms with van der Waals surface area (Å²) in [6.07, 6.45) is 0.381. The quantitative estimate of drug-likeness (QED) is 0.933. The number of carbonyl (C=O) groups is 2. The first kappa shape index (κ1) is 16.5. The largest absolute Gasteiger partial charge is 0.342 e. The van der Waals surface area contributed by atoms with Crippen LogP contribution in [0.3, 0.4) is 0 Å². The van der Waals surface area contributed by atoms with Crippen molar-refractivity contribution in [2.45, 2.75) is 27.2 Å². The Morgan fingerprint density at radius 1 is 1.17 bits per heavy atom. The third kappa shape index (κ3) is 3.42. The summed E-state index contributed by atoms with van der Waals surface area (Å²) in [6, 6.07) is 5.89. The molecule has 0 saturated carbocycles. The first-order chi connectivity index (χ1) is 11.4. The Kier molecular flexibility index (Phi) is 4.55. The number of imidazole rings is 1. The van der Waals surface area contributed by atoms with Gasteiger partial charge in [-0.15, -0.1) is 0 Å². The highest BCUT2D eigenvalue weighted by atomic mass is 16.2. The van der Waals surface area contributed by atoms with Crippen molar-refractivity contribution in [3.05, 3.63) is 29.6 Å². The van der Waals surface area contributed by atoms with Crippen LogP contribution in [0.2, 0.25) is 0 Å². The molecule has 1 fully saturated rings. The summed E-state index contributed by atoms with van der Waals surface area (Å²) >= 11 is 0. The lowest BCUT2D eigenvalue weighted by Gasteiger charge is -2.35. The second-order valence-corrected chi connectivity index (χ2v) is 6.71. The molecule has 0 unspecified atom stereocenters. The number of aromatic nitrogens is 2. The number of aryl methyl sites for hydroxylation is 1. The minimum atomic E-state index is 0.0110. The molecule has 0 bridgehead atoms. The maximum absolute atomic E-state index is 12.5. The van der Waals surface area contributed by atoms with Crippen LogP contribution in [0.4, 0.5) is 0 Å². The number of rotatable bonds is 3. The fourth-order valence-electron chi connectivity index (χ4n) is 3.12. The van der Waals surface area contributed by atoms with Gasteiger partial charge in [0.05, 0.1) is 17.5 Å². The molecule has 6 heteroatoms. The lowest BCUT2D eigenvalue weighted by atomic mass is 10.1. The molecule has 1 aromatic heterocycles. The van der Waals surface area contributed by atoms with Gasteiger partial charge in [0, 0.05) is 32.1 Å². The first-order valence-corrected chi connectivity index (χ1v) is 8.46. The number of benzene rings is 1. The van der Waals surface area contributed by atoms with Crippen molar-refractivity contribution >= 4 is 22.8 Å². The molecule has 1 aromatic carbocycles. The number of aromatic amines is 1. The van der Waals surface area contributed by atoms with Gasteiger partial charge in [0.2, 0.25) is 11.8 Å². The van der Waals surface area contributed by atoms with Crippen LogP contribution in [0.5, 0.6) is 0 Å². The molecule has 2 aromatic rings. The van der Waals surface area contributed by atoms with Crippen molar-refractivity contribution < 1.29 is 9.59 Å². The molecule has 6 nitrogen and oxygen atoms in total. The van der Waals surface area contributed by atoms with E-state index in [1.54, 1.807) is 0 Å². The summed E-state index contributed by atoms with van der Waals surface area (Å²) in [5.41, 5.74) is 2.87. The molecule has 0 spiro atoms. The van der Waals surface area contributed by atoms with Gasteiger partial charge in [-0.3, -0.25) is 9.59 Å². The predicted octanol–water partition coefficient (Wildman–Crippen LogP) is 1.74. The SMILES string of the molecule is Cc1nc2ccc(CC(=O)N3CCN(C(=O)C(C)C)CC3)cc2[nH]1. The van der Waals surface area contributed by atoms with E-state index >= 15 is 0 Å². The van der Waals surface area contributed by atoms with Gasteiger partial charge in [-0.05, 0) is 24.6 Å². The Morgan fingerprint density at radius 2 is 1.83 bits per heavy atom. The third-order valence-corrected chi connectivity index (χ3v) is 4.46. The smallest absolute Gasteiger partial charge is 0.227 e. The van der Waals surface area contributed by atoms with Crippen LogP contribution in [-0.4, -0.2) is 57.8 Å². The third-order valence-electron chi connectivity index (χ3n) is 4.46. The molecule has 24 heavy (non-hydrogen) atoms. The van der Waals surface area contributed by atoms with Crippen molar-refractivity contribution in [3.63, 3.8) is 0 Å². The summed E-state index contributed by atoms with van der Waals surface area (Å²) in [6.45, 7) is 8.22. The molecule has 1 aliphatic heterocycles. The van der Waals surface area contributed by atoms with E-state index < -0.39 is 0 Å². The molecule has 1 saturated heterocycles. The predicted molar refractivity (Wildman–Crippen MR) is 92.5 cm³/mol. The van der Waals surface area contributed by atoms with Crippen molar-refractivity contribution in [3.8, 4) is 0 Å². The molecule has 3 rings (SSSR count). The Labute approximate surface area is 141 Å². The molecule has 128 valence electrons. The molecule has 0 radical (unpaired) electrons. The number of H-pyrrole nitrogens is 1. The average Bonchev–Trinajstić information content (AvgIpc) is 2.93. The van der Waals surface area contributed by atoms with Gasteiger partial charge in [-0.25, -0.2) is 4.98 Å². The molecular weight excluding hydrogens is 304 g/mol. The molecule has 0 aliphatic carbocycles. The van der Waals surface area contributed by atoms with Gasteiger partial charge in [-0.2, -0.15) is 0 Å². The molecule has 2 amide bonds. The van der Waals surface area contributed by atoms with E-state index in [-0.39, 0.29) is 17.7 Å². The average molecular weight is 328 g/mol. The van der Waals surface area contributed by atoms with Crippen molar-refractivity contribution in [2.24, 2.45) is 5.92 Å². The number of hydrogen-bond donors (Lipinski definition) is 1. The highest BCUT2D eigenvalue weighted by Gasteiger charge is 2.25. The molecule has 1 N–H and O–H groups in total. The van der Waals surface area contributed by atoms with E-state index in [1.165, 1.54) is 0 Å². The van der Waals surface area contributed by atoms with Crippen LogP contribution in [0.15, 0.2) is 18.2 Å². The maximum Gasteiger partial charge on any atom is 0.227 e. The molecular formula is C18H24N4O2. The van der Waals surface area contributed by atoms with Crippen LogP contribution in [0.25, 0.3) is 11.0 Å². The van der Waals surface area contributed by atoms with Gasteiger partial charge in [0.1, 0.15) is 5.82 Å². The highest BCUT2D eigenvalue weighted by Crippen LogP contribution is 2.15. The zero-order chi connectivity index (χ0) is 17.3. The minimum Gasteiger partial charge on any atom is -0.342 e. The Hall–Kier alpha value is -2.37. The van der Waals surface area contributed by atoms with Crippen LogP contribution in [-0.2, 0) is 16.0 Å². The van der Waals surface area contributed by atoms with E-state index in [0.29, 0.717) is 32.6 Å². The zero-order valence-corrected chi connectivity index (χ0v) is 14.5. The van der Waals surface area contributed by atoms with Gasteiger partial charge in [-0.1, -0.05) is 19.9 Å². The lowest BCUT2D eigenvalue weighted by molar-refractivity contribution is -0.141. The van der Waals surface area contributed by atoms with E-state index in [4.69, 9.17) is 0 Å². The summed E-state index contributed by atoms with van der Waals surface area (Å²) in [5, 5.41) is 0. The van der Waals surface area contributed by atoms with Crippen LogP contribution >= 0.6 is 0 Å². The number of piperazine rings is 1. The van der Waals surface area contributed by atoms with Crippen molar-refractivity contribution in [1.82, 2.24) is 19.8 Å². The number of fused-ring (bicyclic) bond motifs is 1. The molecule has 2 heterocycles. The standard InChI is InChI=1S/C18H24N4O2/c1-12(2)18(24)22-8-6-21(7-9-22)17(23)11-14-4-5-15-16(10-14)20-13(3)19-15/h4-5,10,12H,6-9,11H2,1-3H3,(H,19,20). The summed E-state index contributed by atoms with van der Waals surface area (Å²) in [4.78, 5) is 35.8. The first-order valence-electron chi connectivity index (χ1n) is 8.46. The van der Waals surface area contributed by atoms with E-state index in [1.807, 2.05) is 48.8 Å². The number of carbonyl (C=O) groups excluding carboxylic acids is 2. The second-order valence-electron chi connectivity index (χ2n) is 6.71. The number of amides is 2. The zero-order valence-electron chi connectivity index (χ0n) is 14.5. The van der Waals surface area contributed by atoms with Gasteiger partial charge in [0.25, 0.3) is 0 Å². The van der Waals surface area contributed by atoms with E-state index in [2.05, 4.69) is 9.97 Å². The second kappa shape index (κ2) is 6.63. The van der Waals surface area contributed by atoms with Gasteiger partial charge in [0.15, 0.2) is 0 Å². The molecule has 1 aliphatic rings. The summed E-state index contributed by atoms with van der Waals surface area (Å²) in [7, 11) is 0. The minimum absolute atomic E-state index is 0.0110. The van der Waals surface area contributed by atoms with E-state index in [0.717, 1.165) is 22.4 Å². The Bertz CT molecular complexity index is 757. The van der Waals surface area contributed by atoms with Crippen LogP contribution in [0.1, 0.15) is 25.2 Å². The van der Waals surface area contributed by atoms with Gasteiger partial charge >= 0.3 is 0 Å². The monoisotopic (exact) mass is 328 g/mol. The van der Waals surface area contributed by atoms with Crippen molar-refractivity contribution in [1.29, 1.82) is 0 Å². The summed E-state index contributed by atoms with van der Waals surface area (Å²) < 4.78 is 0. The number of nitrogens with zero attached hydrogens (tertiary/aromatic N) is 3. The van der Waals surface area contributed by atoms with Gasteiger partial charge < -0.3 is 14.8 Å². The lowest BCUT2D eigenvalue weighted by Crippen LogP contribution is -2.51. The number of nitrogens with one attached hydrogen (secondary N) is 1. The molecule has 0 atom stereocenters. The fraction of sp³-hybridized carbons (Fsp3) is 0.500. The number of hydrogen-bond acceptors (Lipinski definition) is 3.